The van der Waals surface area contributed by atoms with E-state index in [4.69, 9.17) is 16.6 Å². The molecule has 0 atom stereocenters. The van der Waals surface area contributed by atoms with Crippen LogP contribution in [0.2, 0.25) is 5.28 Å². The number of aryl methyl sites for hydroxylation is 3. The molecule has 0 aliphatic carbocycles. The molecule has 0 fully saturated rings. The van der Waals surface area contributed by atoms with Crippen LogP contribution in [-0.2, 0) is 6.42 Å². The van der Waals surface area contributed by atoms with Gasteiger partial charge in [0.1, 0.15) is 10.6 Å². The summed E-state index contributed by atoms with van der Waals surface area (Å²) in [7, 11) is 0. The number of benzene rings is 2. The average Bonchev–Trinajstić information content (AvgIpc) is 3.10. The molecule has 0 amide bonds. The Labute approximate surface area is 173 Å². The molecule has 0 bridgehead atoms. The zero-order valence-electron chi connectivity index (χ0n) is 15.9. The number of fused-ring (bicyclic) bond motifs is 2. The first-order valence-corrected chi connectivity index (χ1v) is 10.8. The number of hydrogen-bond acceptors (Lipinski definition) is 4. The molecule has 0 saturated heterocycles. The number of halogens is 1. The molecule has 0 spiro atoms. The summed E-state index contributed by atoms with van der Waals surface area (Å²) in [6, 6.07) is 15.2. The van der Waals surface area contributed by atoms with E-state index < -0.39 is 0 Å². The highest BCUT2D eigenvalue weighted by atomic mass is 35.5. The predicted octanol–water partition coefficient (Wildman–Crippen LogP) is 6.71. The smallest absolute Gasteiger partial charge is 0.225 e. The van der Waals surface area contributed by atoms with Gasteiger partial charge in [0.15, 0.2) is 0 Å². The lowest BCUT2D eigenvalue weighted by Crippen LogP contribution is -2.25. The fraction of sp³-hybridized carbons (Fsp3) is 0.217. The topological polar surface area (TPSA) is 29.0 Å². The highest BCUT2D eigenvalue weighted by Gasteiger charge is 2.24. The van der Waals surface area contributed by atoms with E-state index in [0.29, 0.717) is 5.28 Å². The number of rotatable bonds is 2. The van der Waals surface area contributed by atoms with E-state index in [-0.39, 0.29) is 0 Å². The Bertz CT molecular complexity index is 1200. The van der Waals surface area contributed by atoms with Crippen LogP contribution in [0.3, 0.4) is 0 Å². The molecule has 5 rings (SSSR count). The largest absolute Gasteiger partial charge is 0.325 e. The molecule has 4 aromatic rings. The molecule has 0 radical (unpaired) electrons. The van der Waals surface area contributed by atoms with Crippen molar-refractivity contribution < 1.29 is 0 Å². The van der Waals surface area contributed by atoms with Gasteiger partial charge in [-0.25, -0.2) is 4.98 Å². The highest BCUT2D eigenvalue weighted by molar-refractivity contribution is 7.17. The molecule has 140 valence electrons. The quantitative estimate of drug-likeness (QED) is 0.347. The van der Waals surface area contributed by atoms with Crippen molar-refractivity contribution in [3.05, 3.63) is 69.8 Å². The predicted molar refractivity (Wildman–Crippen MR) is 119 cm³/mol. The van der Waals surface area contributed by atoms with Crippen LogP contribution in [0.25, 0.3) is 21.3 Å². The molecule has 0 saturated carbocycles. The van der Waals surface area contributed by atoms with Gasteiger partial charge >= 0.3 is 0 Å². The minimum absolute atomic E-state index is 0.305. The summed E-state index contributed by atoms with van der Waals surface area (Å²) >= 11 is 7.97. The molecule has 0 unspecified atom stereocenters. The van der Waals surface area contributed by atoms with E-state index in [0.717, 1.165) is 35.4 Å². The van der Waals surface area contributed by atoms with Crippen LogP contribution >= 0.6 is 22.9 Å². The van der Waals surface area contributed by atoms with Crippen LogP contribution < -0.4 is 4.90 Å². The number of thiophene rings is 1. The summed E-state index contributed by atoms with van der Waals surface area (Å²) in [6.07, 6.45) is 2.20. The second-order valence-corrected chi connectivity index (χ2v) is 8.54. The number of anilines is 2. The molecule has 28 heavy (non-hydrogen) atoms. The molecule has 0 N–H and O–H groups in total. The Hall–Kier alpha value is -2.43. The van der Waals surface area contributed by atoms with Crippen molar-refractivity contribution in [2.75, 3.05) is 11.4 Å². The molecule has 2 aromatic carbocycles. The van der Waals surface area contributed by atoms with Gasteiger partial charge < -0.3 is 4.90 Å². The van der Waals surface area contributed by atoms with Gasteiger partial charge in [-0.2, -0.15) is 4.98 Å². The lowest BCUT2D eigenvalue weighted by atomic mass is 9.98. The van der Waals surface area contributed by atoms with Crippen molar-refractivity contribution in [1.29, 1.82) is 0 Å². The van der Waals surface area contributed by atoms with Crippen LogP contribution in [0.15, 0.2) is 47.8 Å². The van der Waals surface area contributed by atoms with Crippen molar-refractivity contribution in [3.8, 4) is 11.1 Å². The fourth-order valence-electron chi connectivity index (χ4n) is 4.16. The van der Waals surface area contributed by atoms with Crippen molar-refractivity contribution in [2.24, 2.45) is 0 Å². The summed E-state index contributed by atoms with van der Waals surface area (Å²) in [6.45, 7) is 5.22. The van der Waals surface area contributed by atoms with E-state index in [2.05, 4.69) is 71.6 Å². The maximum atomic E-state index is 6.34. The Morgan fingerprint density at radius 3 is 2.75 bits per heavy atom. The van der Waals surface area contributed by atoms with Crippen molar-refractivity contribution in [2.45, 2.75) is 26.7 Å². The number of para-hydroxylation sites is 1. The summed E-state index contributed by atoms with van der Waals surface area (Å²) in [4.78, 5) is 12.5. The number of hydrogen-bond donors (Lipinski definition) is 0. The van der Waals surface area contributed by atoms with E-state index >= 15 is 0 Å². The van der Waals surface area contributed by atoms with Crippen LogP contribution in [0.5, 0.6) is 0 Å². The van der Waals surface area contributed by atoms with E-state index in [9.17, 15) is 0 Å². The van der Waals surface area contributed by atoms with Gasteiger partial charge in [0, 0.05) is 23.2 Å². The van der Waals surface area contributed by atoms with Gasteiger partial charge in [-0.3, -0.25) is 0 Å². The SMILES string of the molecule is Cc1ccc(-c2csc3nc(Cl)nc(N4CCCc5ccccc54)c23)c(C)c1. The molecule has 3 nitrogen and oxygen atoms in total. The molecule has 1 aliphatic heterocycles. The average molecular weight is 406 g/mol. The zero-order chi connectivity index (χ0) is 19.3. The van der Waals surface area contributed by atoms with Crippen molar-refractivity contribution in [1.82, 2.24) is 9.97 Å². The zero-order valence-corrected chi connectivity index (χ0v) is 17.4. The third kappa shape index (κ3) is 2.88. The Morgan fingerprint density at radius 1 is 1.04 bits per heavy atom. The lowest BCUT2D eigenvalue weighted by molar-refractivity contribution is 0.761. The van der Waals surface area contributed by atoms with Crippen LogP contribution in [-0.4, -0.2) is 16.5 Å². The summed E-state index contributed by atoms with van der Waals surface area (Å²) in [5.74, 6) is 0.915. The minimum Gasteiger partial charge on any atom is -0.325 e. The monoisotopic (exact) mass is 405 g/mol. The number of aromatic nitrogens is 2. The van der Waals surface area contributed by atoms with Gasteiger partial charge in [0.05, 0.1) is 5.39 Å². The molecular weight excluding hydrogens is 386 g/mol. The second-order valence-electron chi connectivity index (χ2n) is 7.35. The second kappa shape index (κ2) is 6.87. The summed E-state index contributed by atoms with van der Waals surface area (Å²) in [5.41, 5.74) is 7.54. The molecule has 2 aromatic heterocycles. The standard InChI is InChI=1S/C23H20ClN3S/c1-14-9-10-17(15(2)12-14)18-13-28-22-20(18)21(25-23(24)26-22)27-11-5-7-16-6-3-4-8-19(16)27/h3-4,6,8-10,12-13H,5,7,11H2,1-2H3. The number of nitrogens with zero attached hydrogens (tertiary/aromatic N) is 3. The first-order valence-electron chi connectivity index (χ1n) is 9.49. The van der Waals surface area contributed by atoms with Crippen LogP contribution in [0.1, 0.15) is 23.1 Å². The van der Waals surface area contributed by atoms with Crippen molar-refractivity contribution >= 4 is 44.7 Å². The maximum absolute atomic E-state index is 6.34. The van der Waals surface area contributed by atoms with E-state index in [1.54, 1.807) is 11.3 Å². The van der Waals surface area contributed by atoms with Crippen LogP contribution in [0.4, 0.5) is 11.5 Å². The van der Waals surface area contributed by atoms with Gasteiger partial charge in [-0.1, -0.05) is 42.0 Å². The maximum Gasteiger partial charge on any atom is 0.225 e. The lowest BCUT2D eigenvalue weighted by Gasteiger charge is -2.31. The first kappa shape index (κ1) is 17.7. The van der Waals surface area contributed by atoms with Gasteiger partial charge in [-0.05, 0) is 61.0 Å². The third-order valence-electron chi connectivity index (χ3n) is 5.43. The molecule has 5 heteroatoms. The first-order chi connectivity index (χ1) is 13.6. The minimum atomic E-state index is 0.305. The van der Waals surface area contributed by atoms with Gasteiger partial charge in [0.25, 0.3) is 0 Å². The van der Waals surface area contributed by atoms with Gasteiger partial charge in [0.2, 0.25) is 5.28 Å². The molecular formula is C23H20ClN3S. The van der Waals surface area contributed by atoms with E-state index in [1.165, 1.54) is 33.5 Å². The fourth-order valence-corrected chi connectivity index (χ4v) is 5.31. The Kier molecular flexibility index (Phi) is 4.33. The van der Waals surface area contributed by atoms with Crippen molar-refractivity contribution in [3.63, 3.8) is 0 Å². The molecule has 1 aliphatic rings. The van der Waals surface area contributed by atoms with E-state index in [1.807, 2.05) is 0 Å². The Morgan fingerprint density at radius 2 is 1.89 bits per heavy atom. The summed E-state index contributed by atoms with van der Waals surface area (Å²) in [5, 5.41) is 3.59. The molecule has 3 heterocycles. The van der Waals surface area contributed by atoms with Gasteiger partial charge in [-0.15, -0.1) is 11.3 Å². The van der Waals surface area contributed by atoms with Crippen LogP contribution in [0, 0.1) is 13.8 Å². The third-order valence-corrected chi connectivity index (χ3v) is 6.47. The normalized spacial score (nSPS) is 13.8. The highest BCUT2D eigenvalue weighted by Crippen LogP contribution is 2.43. The summed E-state index contributed by atoms with van der Waals surface area (Å²) < 4.78 is 0. The Balaban J connectivity index is 1.77.